The number of benzene rings is 3. The van der Waals surface area contributed by atoms with Gasteiger partial charge in [-0.2, -0.15) is 4.31 Å². The van der Waals surface area contributed by atoms with Gasteiger partial charge in [-0.25, -0.2) is 8.42 Å². The van der Waals surface area contributed by atoms with Crippen molar-refractivity contribution in [2.24, 2.45) is 0 Å². The van der Waals surface area contributed by atoms with Gasteiger partial charge in [-0.15, -0.1) is 0 Å². The number of ether oxygens (including phenoxy) is 4. The van der Waals surface area contributed by atoms with E-state index in [4.69, 9.17) is 18.9 Å². The Labute approximate surface area is 274 Å². The molecular weight excluding hydrogens is 604 g/mol. The Morgan fingerprint density at radius 1 is 1.04 bits per heavy atom. The fraction of sp³-hybridized carbons (Fsp3) is 0.500. The fourth-order valence-electron chi connectivity index (χ4n) is 6.46. The van der Waals surface area contributed by atoms with Gasteiger partial charge in [0.1, 0.15) is 18.1 Å². The first-order valence-electron chi connectivity index (χ1n) is 16.2. The first-order chi connectivity index (χ1) is 22.2. The molecule has 0 spiro atoms. The lowest BCUT2D eigenvalue weighted by molar-refractivity contribution is -0.0263. The van der Waals surface area contributed by atoms with Crippen LogP contribution in [-0.4, -0.2) is 83.1 Å². The number of aryl methyl sites for hydroxylation is 1. The summed E-state index contributed by atoms with van der Waals surface area (Å²) in [6.07, 6.45) is 1.30. The van der Waals surface area contributed by atoms with E-state index in [2.05, 4.69) is 11.0 Å². The van der Waals surface area contributed by atoms with Crippen molar-refractivity contribution in [3.8, 4) is 11.5 Å². The van der Waals surface area contributed by atoms with Gasteiger partial charge in [0.05, 0.1) is 43.1 Å². The average molecular weight is 653 g/mol. The zero-order chi connectivity index (χ0) is 32.7. The highest BCUT2D eigenvalue weighted by Gasteiger charge is 2.43. The molecule has 0 aromatic heterocycles. The highest BCUT2D eigenvalue weighted by Crippen LogP contribution is 2.40. The lowest BCUT2D eigenvalue weighted by Gasteiger charge is -2.44. The number of aliphatic hydroxyl groups excluding tert-OH is 1. The molecular formula is C36H48N2O7S. The van der Waals surface area contributed by atoms with Crippen molar-refractivity contribution in [3.05, 3.63) is 83.4 Å². The lowest BCUT2D eigenvalue weighted by Crippen LogP contribution is -2.53. The second kappa shape index (κ2) is 15.6. The SMILES string of the molecule is CCC(O)C[C@H]1CC(c2ccc(OC)cc2)[C@H](OCc2ccc3c(c2)N(CCCOC)CCO3)CN1S(=O)(=O)c1ccc(C)cc1. The molecule has 0 radical (unpaired) electrons. The molecule has 0 aliphatic carbocycles. The van der Waals surface area contributed by atoms with Crippen LogP contribution < -0.4 is 14.4 Å². The van der Waals surface area contributed by atoms with Crippen LogP contribution in [0.4, 0.5) is 5.69 Å². The second-order valence-corrected chi connectivity index (χ2v) is 14.2. The van der Waals surface area contributed by atoms with Crippen LogP contribution in [0.1, 0.15) is 55.2 Å². The van der Waals surface area contributed by atoms with Crippen molar-refractivity contribution < 1.29 is 32.5 Å². The van der Waals surface area contributed by atoms with E-state index in [9.17, 15) is 13.5 Å². The van der Waals surface area contributed by atoms with Gasteiger partial charge in [0.2, 0.25) is 10.0 Å². The third kappa shape index (κ3) is 8.04. The molecule has 9 nitrogen and oxygen atoms in total. The predicted octanol–water partition coefficient (Wildman–Crippen LogP) is 5.53. The number of sulfonamides is 1. The van der Waals surface area contributed by atoms with E-state index >= 15 is 0 Å². The quantitative estimate of drug-likeness (QED) is 0.227. The number of anilines is 1. The van der Waals surface area contributed by atoms with Crippen molar-refractivity contribution in [1.82, 2.24) is 4.31 Å². The Bertz CT molecular complexity index is 1510. The predicted molar refractivity (Wildman–Crippen MR) is 179 cm³/mol. The van der Waals surface area contributed by atoms with Crippen LogP contribution >= 0.6 is 0 Å². The molecule has 3 aromatic carbocycles. The molecule has 250 valence electrons. The normalized spacial score (nSPS) is 21.0. The zero-order valence-corrected chi connectivity index (χ0v) is 28.2. The minimum Gasteiger partial charge on any atom is -0.497 e. The zero-order valence-electron chi connectivity index (χ0n) is 27.4. The molecule has 2 aliphatic heterocycles. The number of hydrogen-bond donors (Lipinski definition) is 1. The molecule has 1 saturated heterocycles. The lowest BCUT2D eigenvalue weighted by atomic mass is 9.82. The molecule has 10 heteroatoms. The maximum absolute atomic E-state index is 14.2. The van der Waals surface area contributed by atoms with Gasteiger partial charge >= 0.3 is 0 Å². The van der Waals surface area contributed by atoms with Crippen molar-refractivity contribution in [2.75, 3.05) is 52.0 Å². The second-order valence-electron chi connectivity index (χ2n) is 12.3. The summed E-state index contributed by atoms with van der Waals surface area (Å²) in [7, 11) is -0.500. The number of fused-ring (bicyclic) bond motifs is 1. The van der Waals surface area contributed by atoms with E-state index in [0.29, 0.717) is 39.1 Å². The maximum Gasteiger partial charge on any atom is 0.243 e. The molecule has 3 aromatic rings. The van der Waals surface area contributed by atoms with Gasteiger partial charge in [-0.1, -0.05) is 42.8 Å². The van der Waals surface area contributed by atoms with Crippen molar-refractivity contribution in [3.63, 3.8) is 0 Å². The summed E-state index contributed by atoms with van der Waals surface area (Å²) in [6, 6.07) is 20.6. The van der Waals surface area contributed by atoms with Crippen LogP contribution in [0.2, 0.25) is 0 Å². The van der Waals surface area contributed by atoms with Crippen LogP contribution in [0.25, 0.3) is 0 Å². The smallest absolute Gasteiger partial charge is 0.243 e. The molecule has 1 fully saturated rings. The first kappa shape index (κ1) is 34.2. The molecule has 0 bridgehead atoms. The number of methoxy groups -OCH3 is 2. The van der Waals surface area contributed by atoms with Crippen LogP contribution in [0.3, 0.4) is 0 Å². The van der Waals surface area contributed by atoms with Crippen LogP contribution in [0.15, 0.2) is 71.6 Å². The average Bonchev–Trinajstić information content (AvgIpc) is 3.07. The van der Waals surface area contributed by atoms with E-state index in [1.165, 1.54) is 0 Å². The maximum atomic E-state index is 14.2. The summed E-state index contributed by atoms with van der Waals surface area (Å²) < 4.78 is 53.2. The van der Waals surface area contributed by atoms with E-state index in [-0.39, 0.29) is 17.4 Å². The molecule has 2 unspecified atom stereocenters. The Kier molecular flexibility index (Phi) is 11.6. The number of rotatable bonds is 14. The van der Waals surface area contributed by atoms with Crippen LogP contribution in [0.5, 0.6) is 11.5 Å². The van der Waals surface area contributed by atoms with Crippen molar-refractivity contribution >= 4 is 15.7 Å². The fourth-order valence-corrected chi connectivity index (χ4v) is 8.12. The Balaban J connectivity index is 1.45. The molecule has 2 aliphatic rings. The summed E-state index contributed by atoms with van der Waals surface area (Å²) in [5.41, 5.74) is 4.07. The van der Waals surface area contributed by atoms with Gasteiger partial charge < -0.3 is 29.0 Å². The minimum atomic E-state index is -3.86. The summed E-state index contributed by atoms with van der Waals surface area (Å²) in [5, 5.41) is 10.7. The van der Waals surface area contributed by atoms with Crippen molar-refractivity contribution in [2.45, 2.75) is 75.2 Å². The summed E-state index contributed by atoms with van der Waals surface area (Å²) >= 11 is 0. The van der Waals surface area contributed by atoms with Gasteiger partial charge in [0, 0.05) is 38.8 Å². The third-order valence-corrected chi connectivity index (χ3v) is 11.1. The van der Waals surface area contributed by atoms with Crippen LogP contribution in [0, 0.1) is 6.92 Å². The van der Waals surface area contributed by atoms with E-state index in [0.717, 1.165) is 53.4 Å². The largest absolute Gasteiger partial charge is 0.497 e. The third-order valence-electron chi connectivity index (χ3n) is 9.15. The molecule has 5 rings (SSSR count). The van der Waals surface area contributed by atoms with Gasteiger partial charge in [0.25, 0.3) is 0 Å². The van der Waals surface area contributed by atoms with Gasteiger partial charge in [-0.3, -0.25) is 0 Å². The van der Waals surface area contributed by atoms with E-state index in [1.54, 1.807) is 30.7 Å². The Morgan fingerprint density at radius 3 is 2.50 bits per heavy atom. The minimum absolute atomic E-state index is 0.0871. The molecule has 0 amide bonds. The Hall–Kier alpha value is -3.15. The molecule has 1 N–H and O–H groups in total. The number of piperidine rings is 1. The molecule has 4 atom stereocenters. The molecule has 2 heterocycles. The highest BCUT2D eigenvalue weighted by molar-refractivity contribution is 7.89. The van der Waals surface area contributed by atoms with Crippen molar-refractivity contribution in [1.29, 1.82) is 0 Å². The standard InChI is InChI=1S/C36H48N2O7S/c1-5-30(39)22-29-23-33(28-10-12-31(43-4)13-11-28)36(24-38(29)46(40,41)32-14-7-26(2)8-15-32)45-25-27-9-16-35-34(21-27)37(18-20-44-35)17-6-19-42-3/h7-16,21,29-30,33,36,39H,5-6,17-20,22-25H2,1-4H3/t29-,30?,33?,36+/m0/s1. The number of nitrogens with zero attached hydrogens (tertiary/aromatic N) is 2. The molecule has 46 heavy (non-hydrogen) atoms. The van der Waals surface area contributed by atoms with Gasteiger partial charge in [-0.05, 0) is 80.1 Å². The summed E-state index contributed by atoms with van der Waals surface area (Å²) in [4.78, 5) is 2.57. The van der Waals surface area contributed by atoms with E-state index in [1.807, 2.05) is 62.4 Å². The monoisotopic (exact) mass is 652 g/mol. The summed E-state index contributed by atoms with van der Waals surface area (Å²) in [6.45, 7) is 7.35. The van der Waals surface area contributed by atoms with Crippen LogP contribution in [-0.2, 0) is 26.1 Å². The first-order valence-corrected chi connectivity index (χ1v) is 17.7. The Morgan fingerprint density at radius 2 is 1.80 bits per heavy atom. The molecule has 0 saturated carbocycles. The van der Waals surface area contributed by atoms with Gasteiger partial charge in [0.15, 0.2) is 0 Å². The number of aliphatic hydroxyl groups is 1. The highest BCUT2D eigenvalue weighted by atomic mass is 32.2. The number of hydrogen-bond acceptors (Lipinski definition) is 8. The summed E-state index contributed by atoms with van der Waals surface area (Å²) in [5.74, 6) is 1.52. The topological polar surface area (TPSA) is 97.8 Å². The van der Waals surface area contributed by atoms with E-state index < -0.39 is 28.3 Å².